The van der Waals surface area contributed by atoms with E-state index in [0.29, 0.717) is 0 Å². The summed E-state index contributed by atoms with van der Waals surface area (Å²) in [4.78, 5) is 0. The first-order valence-corrected chi connectivity index (χ1v) is 38.3. The fraction of sp³-hybridized carbons (Fsp3) is 0.235. The third-order valence-corrected chi connectivity index (χ3v) is 38.8. The molecule has 0 fully saturated rings. The molecule has 8 aromatic rings. The molecule has 0 spiro atoms. The second-order valence-electron chi connectivity index (χ2n) is 22.9. The SMILES string of the molecule is CCCc1ccc2c(c1-c1ccccc1-c1ccccc1)C=C(C(C)(C)C)[CH]2[Zr]([Cl])([Cl])([c]1cccc2c1[SiH2]c1ccccc1-2)[CH]1C(C(C)(C)C)=Cc2c1ccc(CCC)c2-c1ccccc1-c1ccccc1. The zero-order valence-corrected chi connectivity index (χ0v) is 48.7. The molecular weight excluding hydrogens is 1010 g/mol. The van der Waals surface area contributed by atoms with Gasteiger partial charge >= 0.3 is 444 Å². The molecule has 361 valence electrons. The summed E-state index contributed by atoms with van der Waals surface area (Å²) in [6.45, 7) is 19.1. The third kappa shape index (κ3) is 8.01. The first kappa shape index (κ1) is 49.1. The molecule has 0 radical (unpaired) electrons. The van der Waals surface area contributed by atoms with Crippen LogP contribution in [0, 0.1) is 10.8 Å². The third-order valence-electron chi connectivity index (χ3n) is 16.3. The molecule has 0 amide bonds. The maximum atomic E-state index is 9.78. The van der Waals surface area contributed by atoms with Crippen LogP contribution < -0.4 is 13.6 Å². The van der Waals surface area contributed by atoms with E-state index in [2.05, 4.69) is 243 Å². The number of hydrogen-bond acceptors (Lipinski definition) is 0. The van der Waals surface area contributed by atoms with Gasteiger partial charge in [-0.2, -0.15) is 0 Å². The molecule has 2 atom stereocenters. The van der Waals surface area contributed by atoms with E-state index >= 15 is 0 Å². The Balaban J connectivity index is 1.27. The van der Waals surface area contributed by atoms with Gasteiger partial charge in [-0.3, -0.25) is 0 Å². The molecule has 1 heterocycles. The first-order chi connectivity index (χ1) is 34.6. The summed E-state index contributed by atoms with van der Waals surface area (Å²) < 4.78 is 0.836. The van der Waals surface area contributed by atoms with Gasteiger partial charge in [-0.25, -0.2) is 0 Å². The molecule has 0 N–H and O–H groups in total. The Bertz CT molecular complexity index is 3290. The summed E-state index contributed by atoms with van der Waals surface area (Å²) in [5.41, 5.74) is 22.9. The molecule has 0 nitrogen and oxygen atoms in total. The van der Waals surface area contributed by atoms with E-state index in [9.17, 15) is 17.0 Å². The van der Waals surface area contributed by atoms with Crippen molar-refractivity contribution in [2.45, 2.75) is 88.3 Å². The van der Waals surface area contributed by atoms with E-state index in [1.807, 2.05) is 0 Å². The Labute approximate surface area is 440 Å². The molecule has 2 aliphatic carbocycles. The van der Waals surface area contributed by atoms with Crippen LogP contribution in [-0.2, 0) is 29.2 Å². The van der Waals surface area contributed by atoms with E-state index in [1.54, 1.807) is 0 Å². The van der Waals surface area contributed by atoms with E-state index in [1.165, 1.54) is 114 Å². The first-order valence-electron chi connectivity index (χ1n) is 26.5. The van der Waals surface area contributed by atoms with Crippen LogP contribution in [0.3, 0.4) is 0 Å². The summed E-state index contributed by atoms with van der Waals surface area (Å²) >= 11 is -6.00. The van der Waals surface area contributed by atoms with Gasteiger partial charge in [-0.15, -0.1) is 0 Å². The number of rotatable bonds is 11. The van der Waals surface area contributed by atoms with Gasteiger partial charge in [0.25, 0.3) is 0 Å². The molecule has 3 aliphatic rings. The van der Waals surface area contributed by atoms with Gasteiger partial charge in [0.15, 0.2) is 0 Å². The molecular formula is C68H67Cl2SiZr. The Morgan fingerprint density at radius 1 is 0.431 bits per heavy atom. The average molecular weight is 1070 g/mol. The average Bonchev–Trinajstić information content (AvgIpc) is 4.11. The van der Waals surface area contributed by atoms with Crippen molar-refractivity contribution >= 4 is 52.3 Å². The summed E-state index contributed by atoms with van der Waals surface area (Å²) in [6, 6.07) is 66.1. The molecule has 4 heteroatoms. The van der Waals surface area contributed by atoms with Crippen molar-refractivity contribution < 1.29 is 16.4 Å². The number of benzene rings is 8. The van der Waals surface area contributed by atoms with Crippen molar-refractivity contribution in [3.8, 4) is 55.6 Å². The van der Waals surface area contributed by atoms with Crippen LogP contribution in [0.15, 0.2) is 187 Å². The molecule has 0 saturated heterocycles. The molecule has 0 bridgehead atoms. The zero-order chi connectivity index (χ0) is 50.2. The number of hydrogen-bond donors (Lipinski definition) is 0. The van der Waals surface area contributed by atoms with Crippen molar-refractivity contribution in [2.75, 3.05) is 0 Å². The maximum absolute atomic E-state index is 9.78. The monoisotopic (exact) mass is 1070 g/mol. The molecule has 72 heavy (non-hydrogen) atoms. The van der Waals surface area contributed by atoms with Crippen LogP contribution in [0.1, 0.15) is 109 Å². The topological polar surface area (TPSA) is 0 Å². The van der Waals surface area contributed by atoms with E-state index in [0.717, 1.165) is 25.7 Å². The quantitative estimate of drug-likeness (QED) is 0.113. The second-order valence-corrected chi connectivity index (χ2v) is 45.3. The minimum absolute atomic E-state index is 0.218. The van der Waals surface area contributed by atoms with Crippen LogP contribution in [0.2, 0.25) is 0 Å². The second kappa shape index (κ2) is 18.7. The normalized spacial score (nSPS) is 16.9. The fourth-order valence-corrected chi connectivity index (χ4v) is 41.6. The van der Waals surface area contributed by atoms with Crippen molar-refractivity contribution in [2.24, 2.45) is 10.8 Å². The van der Waals surface area contributed by atoms with Gasteiger partial charge in [0, 0.05) is 0 Å². The minimum atomic E-state index is -6.00. The van der Waals surface area contributed by atoms with E-state index in [4.69, 9.17) is 0 Å². The number of allylic oxidation sites excluding steroid dienone is 2. The van der Waals surface area contributed by atoms with Gasteiger partial charge in [-0.05, 0) is 0 Å². The van der Waals surface area contributed by atoms with Gasteiger partial charge in [0.05, 0.1) is 0 Å². The summed E-state index contributed by atoms with van der Waals surface area (Å²) in [5, 5.41) is 2.93. The van der Waals surface area contributed by atoms with Crippen LogP contribution in [0.4, 0.5) is 0 Å². The molecule has 0 aromatic heterocycles. The summed E-state index contributed by atoms with van der Waals surface area (Å²) in [6.07, 6.45) is 9.22. The van der Waals surface area contributed by atoms with E-state index < -0.39 is 25.9 Å². The van der Waals surface area contributed by atoms with Crippen molar-refractivity contribution in [1.82, 2.24) is 0 Å². The molecule has 2 unspecified atom stereocenters. The van der Waals surface area contributed by atoms with Crippen molar-refractivity contribution in [3.05, 3.63) is 220 Å². The Kier molecular flexibility index (Phi) is 12.8. The van der Waals surface area contributed by atoms with Gasteiger partial charge in [-0.1, -0.05) is 0 Å². The Morgan fingerprint density at radius 2 is 0.833 bits per heavy atom. The predicted molar refractivity (Wildman–Crippen MR) is 314 cm³/mol. The molecule has 1 aliphatic heterocycles. The number of fused-ring (bicyclic) bond motifs is 5. The van der Waals surface area contributed by atoms with Gasteiger partial charge in [0.1, 0.15) is 0 Å². The predicted octanol–water partition coefficient (Wildman–Crippen LogP) is 17.4. The Hall–Kier alpha value is -5.08. The Morgan fingerprint density at radius 3 is 1.28 bits per heavy atom. The zero-order valence-electron chi connectivity index (χ0n) is 43.3. The fourth-order valence-electron chi connectivity index (χ4n) is 13.2. The molecule has 0 saturated carbocycles. The molecule has 8 aromatic carbocycles. The number of halogens is 2. The van der Waals surface area contributed by atoms with Crippen LogP contribution in [0.25, 0.3) is 67.8 Å². The summed E-state index contributed by atoms with van der Waals surface area (Å²) in [7, 11) is 18.6. The van der Waals surface area contributed by atoms with Gasteiger partial charge < -0.3 is 0 Å². The molecule has 11 rings (SSSR count). The van der Waals surface area contributed by atoms with Crippen molar-refractivity contribution in [1.29, 1.82) is 0 Å². The number of aryl methyl sites for hydroxylation is 2. The van der Waals surface area contributed by atoms with Crippen LogP contribution in [0.5, 0.6) is 0 Å². The van der Waals surface area contributed by atoms with Gasteiger partial charge in [0.2, 0.25) is 0 Å². The van der Waals surface area contributed by atoms with Crippen LogP contribution >= 0.6 is 17.0 Å². The van der Waals surface area contributed by atoms with Crippen molar-refractivity contribution in [3.63, 3.8) is 0 Å². The summed E-state index contributed by atoms with van der Waals surface area (Å²) in [5.74, 6) is 0. The van der Waals surface area contributed by atoms with E-state index in [-0.39, 0.29) is 18.1 Å². The van der Waals surface area contributed by atoms with Crippen LogP contribution in [-0.4, -0.2) is 9.52 Å². The standard InChI is InChI=1S/2C28H29.C12H9Si.2ClH.Zr/c2*1-5-11-21-16-17-22-18-23(28(2,3)4)19-26(22)27(21)25-15-10-9-14-24(25)20-12-7-6-8-13-20;1-3-7-11-9(5-1)10-6-2-4-8-12(10)13-11;;;/h2*6-10,12-19H,5,11H2,1-4H3;1-7H,13H2;2*1H;/q;;;;;+2/p-2.